The minimum absolute atomic E-state index is 0.319. The molecule has 2 aromatic carbocycles. The van der Waals surface area contributed by atoms with E-state index in [1.54, 1.807) is 6.07 Å². The highest BCUT2D eigenvalue weighted by Gasteiger charge is 2.08. The second-order valence-electron chi connectivity index (χ2n) is 5.37. The standard InChI is InChI=1S/C18H16ClN3O/c1-11-7-8-13(10-15(11)19)21-18(23)22-17-9-12(2)20-16-6-4-3-5-14(16)17/h3-10H,1-2H3,(H2,20,21,22,23). The highest BCUT2D eigenvalue weighted by Crippen LogP contribution is 2.24. The SMILES string of the molecule is Cc1cc(NC(=O)Nc2ccc(C)c(Cl)c2)c2ccccc2n1. The molecule has 3 aromatic rings. The number of pyridine rings is 1. The zero-order valence-corrected chi connectivity index (χ0v) is 13.6. The van der Waals surface area contributed by atoms with E-state index in [0.717, 1.165) is 27.8 Å². The maximum absolute atomic E-state index is 12.2. The predicted molar refractivity (Wildman–Crippen MR) is 95.3 cm³/mol. The predicted octanol–water partition coefficient (Wildman–Crippen LogP) is 5.15. The van der Waals surface area contributed by atoms with Crippen LogP contribution in [-0.2, 0) is 0 Å². The summed E-state index contributed by atoms with van der Waals surface area (Å²) >= 11 is 6.08. The van der Waals surface area contributed by atoms with Crippen LogP contribution >= 0.6 is 11.6 Å². The van der Waals surface area contributed by atoms with E-state index in [1.165, 1.54) is 0 Å². The van der Waals surface area contributed by atoms with Crippen LogP contribution in [-0.4, -0.2) is 11.0 Å². The summed E-state index contributed by atoms with van der Waals surface area (Å²) in [6.07, 6.45) is 0. The first kappa shape index (κ1) is 15.3. The number of carbonyl (C=O) groups is 1. The van der Waals surface area contributed by atoms with Gasteiger partial charge in [0.1, 0.15) is 0 Å². The molecule has 1 heterocycles. The third kappa shape index (κ3) is 3.43. The van der Waals surface area contributed by atoms with Crippen molar-refractivity contribution >= 4 is 39.9 Å². The number of carbonyl (C=O) groups excluding carboxylic acids is 1. The van der Waals surface area contributed by atoms with Crippen molar-refractivity contribution in [2.75, 3.05) is 10.6 Å². The van der Waals surface area contributed by atoms with Gasteiger partial charge in [-0.2, -0.15) is 0 Å². The van der Waals surface area contributed by atoms with Crippen LogP contribution in [0.25, 0.3) is 10.9 Å². The first-order valence-corrected chi connectivity index (χ1v) is 7.61. The first-order valence-electron chi connectivity index (χ1n) is 7.23. The Hall–Kier alpha value is -2.59. The van der Waals surface area contributed by atoms with Crippen LogP contribution in [0.5, 0.6) is 0 Å². The van der Waals surface area contributed by atoms with Crippen molar-refractivity contribution < 1.29 is 4.79 Å². The number of benzene rings is 2. The van der Waals surface area contributed by atoms with Gasteiger partial charge in [-0.15, -0.1) is 0 Å². The molecule has 0 aliphatic rings. The summed E-state index contributed by atoms with van der Waals surface area (Å²) in [5.41, 5.74) is 4.03. The number of urea groups is 1. The molecule has 1 aromatic heterocycles. The average Bonchev–Trinajstić information content (AvgIpc) is 2.51. The smallest absolute Gasteiger partial charge is 0.308 e. The number of nitrogens with one attached hydrogen (secondary N) is 2. The molecule has 0 spiro atoms. The Labute approximate surface area is 139 Å². The molecule has 0 atom stereocenters. The normalized spacial score (nSPS) is 10.6. The monoisotopic (exact) mass is 325 g/mol. The molecule has 0 bridgehead atoms. The Kier molecular flexibility index (Phi) is 4.17. The van der Waals surface area contributed by atoms with Crippen LogP contribution in [0.2, 0.25) is 5.02 Å². The Morgan fingerprint density at radius 2 is 1.83 bits per heavy atom. The molecular weight excluding hydrogens is 310 g/mol. The summed E-state index contributed by atoms with van der Waals surface area (Å²) < 4.78 is 0. The van der Waals surface area contributed by atoms with Crippen LogP contribution in [0, 0.1) is 13.8 Å². The summed E-state index contributed by atoms with van der Waals surface area (Å²) in [6, 6.07) is 14.6. The maximum Gasteiger partial charge on any atom is 0.323 e. The van der Waals surface area contributed by atoms with Crippen molar-refractivity contribution in [2.45, 2.75) is 13.8 Å². The third-order valence-corrected chi connectivity index (χ3v) is 3.93. The molecule has 0 aliphatic heterocycles. The summed E-state index contributed by atoms with van der Waals surface area (Å²) in [7, 11) is 0. The number of hydrogen-bond donors (Lipinski definition) is 2. The Morgan fingerprint density at radius 3 is 2.61 bits per heavy atom. The molecule has 0 fully saturated rings. The van der Waals surface area contributed by atoms with E-state index in [1.807, 2.05) is 56.3 Å². The van der Waals surface area contributed by atoms with E-state index in [9.17, 15) is 4.79 Å². The number of aromatic nitrogens is 1. The Morgan fingerprint density at radius 1 is 1.04 bits per heavy atom. The molecule has 23 heavy (non-hydrogen) atoms. The maximum atomic E-state index is 12.2. The van der Waals surface area contributed by atoms with Crippen molar-refractivity contribution in [3.63, 3.8) is 0 Å². The van der Waals surface area contributed by atoms with Gasteiger partial charge in [0.2, 0.25) is 0 Å². The largest absolute Gasteiger partial charge is 0.323 e. The zero-order chi connectivity index (χ0) is 16.4. The molecule has 4 nitrogen and oxygen atoms in total. The van der Waals surface area contributed by atoms with E-state index < -0.39 is 0 Å². The quantitative estimate of drug-likeness (QED) is 0.684. The van der Waals surface area contributed by atoms with Crippen LogP contribution in [0.3, 0.4) is 0 Å². The van der Waals surface area contributed by atoms with Gasteiger partial charge in [0, 0.05) is 21.8 Å². The number of fused-ring (bicyclic) bond motifs is 1. The van der Waals surface area contributed by atoms with Crippen LogP contribution in [0.15, 0.2) is 48.5 Å². The van der Waals surface area contributed by atoms with Gasteiger partial charge in [-0.1, -0.05) is 35.9 Å². The highest BCUT2D eigenvalue weighted by molar-refractivity contribution is 6.31. The zero-order valence-electron chi connectivity index (χ0n) is 12.9. The number of rotatable bonds is 2. The van der Waals surface area contributed by atoms with Gasteiger partial charge >= 0.3 is 6.03 Å². The van der Waals surface area contributed by atoms with Crippen LogP contribution in [0.4, 0.5) is 16.2 Å². The number of amides is 2. The lowest BCUT2D eigenvalue weighted by molar-refractivity contribution is 0.262. The van der Waals surface area contributed by atoms with Gasteiger partial charge in [0.15, 0.2) is 0 Å². The molecule has 116 valence electrons. The Balaban J connectivity index is 1.84. The summed E-state index contributed by atoms with van der Waals surface area (Å²) in [4.78, 5) is 16.7. The van der Waals surface area contributed by atoms with Crippen LogP contribution in [0.1, 0.15) is 11.3 Å². The molecule has 2 amide bonds. The summed E-state index contributed by atoms with van der Waals surface area (Å²) in [5.74, 6) is 0. The molecule has 3 rings (SSSR count). The minimum atomic E-state index is -0.319. The molecule has 0 aliphatic carbocycles. The fraction of sp³-hybridized carbons (Fsp3) is 0.111. The van der Waals surface area contributed by atoms with E-state index in [0.29, 0.717) is 10.7 Å². The van der Waals surface area contributed by atoms with Gasteiger partial charge in [0.25, 0.3) is 0 Å². The number of aryl methyl sites for hydroxylation is 2. The van der Waals surface area contributed by atoms with Crippen molar-refractivity contribution in [1.29, 1.82) is 0 Å². The minimum Gasteiger partial charge on any atom is -0.308 e. The molecule has 0 saturated carbocycles. The molecule has 0 unspecified atom stereocenters. The Bertz CT molecular complexity index is 893. The summed E-state index contributed by atoms with van der Waals surface area (Å²) in [6.45, 7) is 3.81. The highest BCUT2D eigenvalue weighted by atomic mass is 35.5. The molecule has 2 N–H and O–H groups in total. The van der Waals surface area contributed by atoms with Crippen molar-refractivity contribution in [2.24, 2.45) is 0 Å². The van der Waals surface area contributed by atoms with Gasteiger partial charge in [-0.25, -0.2) is 4.79 Å². The first-order chi connectivity index (χ1) is 11.0. The van der Waals surface area contributed by atoms with Crippen LogP contribution < -0.4 is 10.6 Å². The number of nitrogens with zero attached hydrogens (tertiary/aromatic N) is 1. The van der Waals surface area contributed by atoms with E-state index >= 15 is 0 Å². The molecule has 5 heteroatoms. The number of hydrogen-bond acceptors (Lipinski definition) is 2. The van der Waals surface area contributed by atoms with Gasteiger partial charge in [0.05, 0.1) is 11.2 Å². The van der Waals surface area contributed by atoms with Gasteiger partial charge in [-0.05, 0) is 43.7 Å². The fourth-order valence-corrected chi connectivity index (χ4v) is 2.55. The number of anilines is 2. The lowest BCUT2D eigenvalue weighted by Crippen LogP contribution is -2.19. The van der Waals surface area contributed by atoms with Gasteiger partial charge in [-0.3, -0.25) is 4.98 Å². The molecule has 0 saturated heterocycles. The van der Waals surface area contributed by atoms with Gasteiger partial charge < -0.3 is 10.6 Å². The van der Waals surface area contributed by atoms with Crippen molar-refractivity contribution in [3.8, 4) is 0 Å². The number of halogens is 1. The van der Waals surface area contributed by atoms with Crippen molar-refractivity contribution in [3.05, 3.63) is 64.8 Å². The topological polar surface area (TPSA) is 54.0 Å². The van der Waals surface area contributed by atoms with E-state index in [-0.39, 0.29) is 6.03 Å². The lowest BCUT2D eigenvalue weighted by Gasteiger charge is -2.11. The van der Waals surface area contributed by atoms with Crippen molar-refractivity contribution in [1.82, 2.24) is 4.98 Å². The van der Waals surface area contributed by atoms with E-state index in [2.05, 4.69) is 15.6 Å². The fourth-order valence-electron chi connectivity index (χ4n) is 2.37. The van der Waals surface area contributed by atoms with E-state index in [4.69, 9.17) is 11.6 Å². The second-order valence-corrected chi connectivity index (χ2v) is 5.78. The molecule has 0 radical (unpaired) electrons. The number of para-hydroxylation sites is 1. The molecular formula is C18H16ClN3O. The lowest BCUT2D eigenvalue weighted by atomic mass is 10.1. The second kappa shape index (κ2) is 6.26. The third-order valence-electron chi connectivity index (χ3n) is 3.52. The summed E-state index contributed by atoms with van der Waals surface area (Å²) in [5, 5.41) is 7.18. The average molecular weight is 326 g/mol.